The van der Waals surface area contributed by atoms with Crippen molar-refractivity contribution in [2.75, 3.05) is 0 Å². The third-order valence-corrected chi connectivity index (χ3v) is 2.85. The number of nitrogens with zero attached hydrogens (tertiary/aromatic N) is 1. The number of benzene rings is 1. The summed E-state index contributed by atoms with van der Waals surface area (Å²) in [6.45, 7) is 1.82. The molecular formula is C13H12FN3O. The fourth-order valence-electron chi connectivity index (χ4n) is 1.89. The van der Waals surface area contributed by atoms with E-state index in [1.54, 1.807) is 18.5 Å². The van der Waals surface area contributed by atoms with Gasteiger partial charge in [0.1, 0.15) is 11.6 Å². The smallest absolute Gasteiger partial charge is 0.228 e. The Morgan fingerprint density at radius 2 is 2.28 bits per heavy atom. The highest BCUT2D eigenvalue weighted by Crippen LogP contribution is 2.29. The summed E-state index contributed by atoms with van der Waals surface area (Å²) in [4.78, 5) is 7.23. The van der Waals surface area contributed by atoms with Crippen molar-refractivity contribution >= 4 is 10.9 Å². The molecule has 0 amide bonds. The number of aromatic amines is 1. The molecule has 5 heteroatoms. The minimum atomic E-state index is -0.290. The van der Waals surface area contributed by atoms with Crippen LogP contribution in [0, 0.1) is 5.82 Å². The number of halogens is 1. The van der Waals surface area contributed by atoms with Gasteiger partial charge in [0.2, 0.25) is 5.89 Å². The monoisotopic (exact) mass is 245 g/mol. The topological polar surface area (TPSA) is 67.8 Å². The van der Waals surface area contributed by atoms with E-state index >= 15 is 0 Å². The van der Waals surface area contributed by atoms with E-state index in [9.17, 15) is 4.39 Å². The summed E-state index contributed by atoms with van der Waals surface area (Å²) in [7, 11) is 0. The van der Waals surface area contributed by atoms with Gasteiger partial charge in [-0.1, -0.05) is 0 Å². The average Bonchev–Trinajstić information content (AvgIpc) is 2.93. The average molecular weight is 245 g/mol. The lowest BCUT2D eigenvalue weighted by molar-refractivity contribution is 0.488. The van der Waals surface area contributed by atoms with Crippen molar-refractivity contribution in [3.8, 4) is 11.5 Å². The van der Waals surface area contributed by atoms with Gasteiger partial charge in [-0.15, -0.1) is 0 Å². The van der Waals surface area contributed by atoms with Crippen LogP contribution in [0.5, 0.6) is 0 Å². The molecule has 0 radical (unpaired) electrons. The maximum absolute atomic E-state index is 13.3. The van der Waals surface area contributed by atoms with E-state index < -0.39 is 0 Å². The molecule has 3 rings (SSSR count). The Labute approximate surface area is 103 Å². The highest BCUT2D eigenvalue weighted by molar-refractivity contribution is 5.93. The number of aromatic nitrogens is 2. The number of hydrogen-bond acceptors (Lipinski definition) is 3. The van der Waals surface area contributed by atoms with Gasteiger partial charge in [0.25, 0.3) is 0 Å². The van der Waals surface area contributed by atoms with Crippen molar-refractivity contribution in [2.24, 2.45) is 5.73 Å². The molecule has 1 aromatic carbocycles. The second-order valence-electron chi connectivity index (χ2n) is 4.25. The molecule has 1 atom stereocenters. The van der Waals surface area contributed by atoms with Crippen LogP contribution in [0.3, 0.4) is 0 Å². The molecule has 0 aliphatic heterocycles. The van der Waals surface area contributed by atoms with Gasteiger partial charge >= 0.3 is 0 Å². The molecule has 3 N–H and O–H groups in total. The zero-order valence-electron chi connectivity index (χ0n) is 9.77. The van der Waals surface area contributed by atoms with Crippen LogP contribution in [0.15, 0.2) is 35.0 Å². The molecular weight excluding hydrogens is 233 g/mol. The first-order valence-corrected chi connectivity index (χ1v) is 5.63. The third kappa shape index (κ3) is 1.69. The highest BCUT2D eigenvalue weighted by Gasteiger charge is 2.13. The Morgan fingerprint density at radius 1 is 1.44 bits per heavy atom. The normalized spacial score (nSPS) is 13.1. The van der Waals surface area contributed by atoms with Crippen molar-refractivity contribution in [1.29, 1.82) is 0 Å². The van der Waals surface area contributed by atoms with E-state index in [0.29, 0.717) is 11.7 Å². The van der Waals surface area contributed by atoms with E-state index in [1.165, 1.54) is 12.1 Å². The van der Waals surface area contributed by atoms with E-state index in [1.807, 2.05) is 6.92 Å². The van der Waals surface area contributed by atoms with Crippen LogP contribution in [-0.4, -0.2) is 9.97 Å². The van der Waals surface area contributed by atoms with E-state index in [4.69, 9.17) is 10.2 Å². The SMILES string of the molecule is C[C@H](N)c1cnc(-c2c[nH]c3ccc(F)cc23)o1. The van der Waals surface area contributed by atoms with Crippen LogP contribution < -0.4 is 5.73 Å². The molecule has 0 bridgehead atoms. The summed E-state index contributed by atoms with van der Waals surface area (Å²) in [6.07, 6.45) is 3.35. The highest BCUT2D eigenvalue weighted by atomic mass is 19.1. The quantitative estimate of drug-likeness (QED) is 0.729. The summed E-state index contributed by atoms with van der Waals surface area (Å²) in [5, 5.41) is 0.744. The third-order valence-electron chi connectivity index (χ3n) is 2.85. The molecule has 4 nitrogen and oxygen atoms in total. The number of H-pyrrole nitrogens is 1. The van der Waals surface area contributed by atoms with Crippen LogP contribution in [0.1, 0.15) is 18.7 Å². The summed E-state index contributed by atoms with van der Waals surface area (Å²) >= 11 is 0. The lowest BCUT2D eigenvalue weighted by Gasteiger charge is -1.97. The standard InChI is InChI=1S/C13H12FN3O/c1-7(15)12-6-17-13(18-12)10-5-16-11-3-2-8(14)4-9(10)11/h2-7,16H,15H2,1H3/t7-/m0/s1. The molecule has 2 aromatic heterocycles. The zero-order valence-corrected chi connectivity index (χ0v) is 9.77. The number of rotatable bonds is 2. The molecule has 18 heavy (non-hydrogen) atoms. The van der Waals surface area contributed by atoms with Gasteiger partial charge in [-0.25, -0.2) is 9.37 Å². The number of nitrogens with two attached hydrogens (primary N) is 1. The van der Waals surface area contributed by atoms with Crippen molar-refractivity contribution in [1.82, 2.24) is 9.97 Å². The minimum Gasteiger partial charge on any atom is -0.439 e. The van der Waals surface area contributed by atoms with Crippen molar-refractivity contribution in [3.63, 3.8) is 0 Å². The van der Waals surface area contributed by atoms with Crippen LogP contribution in [0.4, 0.5) is 4.39 Å². The van der Waals surface area contributed by atoms with Crippen molar-refractivity contribution in [3.05, 3.63) is 42.2 Å². The molecule has 0 spiro atoms. The first-order chi connectivity index (χ1) is 8.65. The predicted molar refractivity (Wildman–Crippen MR) is 66.4 cm³/mol. The van der Waals surface area contributed by atoms with E-state index in [-0.39, 0.29) is 11.9 Å². The molecule has 0 saturated carbocycles. The summed E-state index contributed by atoms with van der Waals surface area (Å²) in [5.74, 6) is 0.761. The second kappa shape index (κ2) is 3.96. The van der Waals surface area contributed by atoms with Gasteiger partial charge in [0.15, 0.2) is 0 Å². The minimum absolute atomic E-state index is 0.215. The zero-order chi connectivity index (χ0) is 12.7. The second-order valence-corrected chi connectivity index (χ2v) is 4.25. The van der Waals surface area contributed by atoms with Gasteiger partial charge in [-0.3, -0.25) is 0 Å². The maximum atomic E-state index is 13.3. The molecule has 0 saturated heterocycles. The summed E-state index contributed by atoms with van der Waals surface area (Å²) in [6, 6.07) is 4.33. The number of oxazole rings is 1. The molecule has 0 unspecified atom stereocenters. The number of fused-ring (bicyclic) bond motifs is 1. The molecule has 92 valence electrons. The van der Waals surface area contributed by atoms with Gasteiger partial charge in [0, 0.05) is 17.1 Å². The number of nitrogens with one attached hydrogen (secondary N) is 1. The Morgan fingerprint density at radius 3 is 3.00 bits per heavy atom. The largest absolute Gasteiger partial charge is 0.439 e. The molecule has 0 aliphatic rings. The van der Waals surface area contributed by atoms with Crippen LogP contribution in [-0.2, 0) is 0 Å². The maximum Gasteiger partial charge on any atom is 0.228 e. The van der Waals surface area contributed by atoms with Crippen LogP contribution in [0.25, 0.3) is 22.4 Å². The fourth-order valence-corrected chi connectivity index (χ4v) is 1.89. The van der Waals surface area contributed by atoms with Gasteiger partial charge in [-0.05, 0) is 25.1 Å². The number of hydrogen-bond donors (Lipinski definition) is 2. The van der Waals surface area contributed by atoms with Crippen molar-refractivity contribution in [2.45, 2.75) is 13.0 Å². The van der Waals surface area contributed by atoms with Crippen LogP contribution in [0.2, 0.25) is 0 Å². The Balaban J connectivity index is 2.15. The first-order valence-electron chi connectivity index (χ1n) is 5.63. The first kappa shape index (κ1) is 11.0. The Kier molecular flexibility index (Phi) is 2.41. The van der Waals surface area contributed by atoms with Crippen molar-refractivity contribution < 1.29 is 8.81 Å². The van der Waals surface area contributed by atoms with E-state index in [2.05, 4.69) is 9.97 Å². The molecule has 3 aromatic rings. The fraction of sp³-hybridized carbons (Fsp3) is 0.154. The summed E-state index contributed by atoms with van der Waals surface area (Å²) in [5.41, 5.74) is 7.29. The molecule has 0 fully saturated rings. The van der Waals surface area contributed by atoms with Crippen LogP contribution >= 0.6 is 0 Å². The Bertz CT molecular complexity index is 699. The summed E-state index contributed by atoms with van der Waals surface area (Å²) < 4.78 is 18.8. The predicted octanol–water partition coefficient (Wildman–Crippen LogP) is 2.98. The van der Waals surface area contributed by atoms with Gasteiger partial charge in [0.05, 0.1) is 17.8 Å². The molecule has 2 heterocycles. The lowest BCUT2D eigenvalue weighted by atomic mass is 10.2. The molecule has 0 aliphatic carbocycles. The lowest BCUT2D eigenvalue weighted by Crippen LogP contribution is -2.02. The van der Waals surface area contributed by atoms with E-state index in [0.717, 1.165) is 16.5 Å². The van der Waals surface area contributed by atoms with Gasteiger partial charge in [-0.2, -0.15) is 0 Å². The Hall–Kier alpha value is -2.14. The van der Waals surface area contributed by atoms with Gasteiger partial charge < -0.3 is 15.1 Å².